The summed E-state index contributed by atoms with van der Waals surface area (Å²) in [5.41, 5.74) is -1.08. The third kappa shape index (κ3) is 2.19. The first-order chi connectivity index (χ1) is 8.88. The van der Waals surface area contributed by atoms with Crippen LogP contribution in [0.25, 0.3) is 0 Å². The maximum absolute atomic E-state index is 9.59. The first kappa shape index (κ1) is 17.4. The molecule has 7 heteroatoms. The number of alkyl halides is 4. The molecule has 1 saturated carbocycles. The summed E-state index contributed by atoms with van der Waals surface area (Å²) in [4.78, 5) is -2.46. The van der Waals surface area contributed by atoms with E-state index in [0.29, 0.717) is 12.8 Å². The molecule has 1 nitrogen and oxygen atoms in total. The Kier molecular flexibility index (Phi) is 4.34. The average Bonchev–Trinajstić information content (AvgIpc) is 2.50. The molecule has 0 saturated heterocycles. The molecule has 112 valence electrons. The van der Waals surface area contributed by atoms with Crippen LogP contribution in [0.4, 0.5) is 0 Å². The van der Waals surface area contributed by atoms with E-state index in [2.05, 4.69) is 11.8 Å². The molecule has 0 unspecified atom stereocenters. The van der Waals surface area contributed by atoms with Crippen LogP contribution in [0.15, 0.2) is 10.1 Å². The largest absolute Gasteiger partial charge is 0.378 e. The van der Waals surface area contributed by atoms with E-state index < -0.39 is 19.7 Å². The van der Waals surface area contributed by atoms with E-state index in [4.69, 9.17) is 69.6 Å². The van der Waals surface area contributed by atoms with Crippen molar-refractivity contribution in [1.82, 2.24) is 0 Å². The van der Waals surface area contributed by atoms with Crippen LogP contribution in [-0.4, -0.2) is 24.8 Å². The lowest BCUT2D eigenvalue weighted by Crippen LogP contribution is -2.44. The molecular weight excluding hydrogens is 385 g/mol. The zero-order chi connectivity index (χ0) is 15.6. The number of rotatable bonds is 1. The molecule has 0 aromatic carbocycles. The molecule has 3 atom stereocenters. The lowest BCUT2D eigenvalue weighted by Gasteiger charge is -2.33. The van der Waals surface area contributed by atoms with Crippen molar-refractivity contribution in [3.05, 3.63) is 10.1 Å². The minimum atomic E-state index is -1.50. The highest BCUT2D eigenvalue weighted by atomic mass is 35.5. The Morgan fingerprint density at radius 2 is 1.75 bits per heavy atom. The second-order valence-electron chi connectivity index (χ2n) is 5.68. The lowest BCUT2D eigenvalue weighted by molar-refractivity contribution is 0.143. The summed E-state index contributed by atoms with van der Waals surface area (Å²) in [7, 11) is 0. The van der Waals surface area contributed by atoms with Crippen LogP contribution in [0.5, 0.6) is 0 Å². The molecule has 2 aliphatic carbocycles. The van der Waals surface area contributed by atoms with Gasteiger partial charge in [0.25, 0.3) is 0 Å². The van der Waals surface area contributed by atoms with Gasteiger partial charge in [0.2, 0.25) is 0 Å². The van der Waals surface area contributed by atoms with Gasteiger partial charge in [-0.3, -0.25) is 0 Å². The van der Waals surface area contributed by atoms with Crippen molar-refractivity contribution in [2.24, 2.45) is 5.92 Å². The molecule has 0 amide bonds. The Morgan fingerprint density at radius 1 is 1.20 bits per heavy atom. The van der Waals surface area contributed by atoms with Crippen LogP contribution in [0.3, 0.4) is 0 Å². The Bertz CT molecular complexity index is 537. The summed E-state index contributed by atoms with van der Waals surface area (Å²) in [6, 6.07) is 0. The summed E-state index contributed by atoms with van der Waals surface area (Å²) < 4.78 is -1.50. The van der Waals surface area contributed by atoms with E-state index in [9.17, 15) is 5.11 Å². The zero-order valence-corrected chi connectivity index (χ0v) is 15.2. The molecule has 1 fully saturated rings. The first-order valence-electron chi connectivity index (χ1n) is 5.92. The fraction of sp³-hybridized carbons (Fsp3) is 0.692. The Hall–Kier alpha value is 1.00. The van der Waals surface area contributed by atoms with Crippen LogP contribution in [0.2, 0.25) is 0 Å². The molecular formula is C13H12Cl6O. The van der Waals surface area contributed by atoms with Crippen LogP contribution < -0.4 is 0 Å². The van der Waals surface area contributed by atoms with Gasteiger partial charge in [-0.1, -0.05) is 58.2 Å². The highest BCUT2D eigenvalue weighted by Crippen LogP contribution is 2.74. The van der Waals surface area contributed by atoms with Crippen molar-refractivity contribution in [2.75, 3.05) is 0 Å². The van der Waals surface area contributed by atoms with Gasteiger partial charge in [-0.15, -0.1) is 23.2 Å². The van der Waals surface area contributed by atoms with E-state index in [1.165, 1.54) is 0 Å². The molecule has 2 bridgehead atoms. The molecule has 0 spiro atoms. The third-order valence-corrected chi connectivity index (χ3v) is 7.97. The van der Waals surface area contributed by atoms with E-state index in [0.717, 1.165) is 0 Å². The quantitative estimate of drug-likeness (QED) is 0.488. The maximum Gasteiger partial charge on any atom is 0.166 e. The van der Waals surface area contributed by atoms with Gasteiger partial charge in [0, 0.05) is 6.42 Å². The lowest BCUT2D eigenvalue weighted by atomic mass is 9.89. The van der Waals surface area contributed by atoms with Crippen LogP contribution >= 0.6 is 69.6 Å². The molecule has 0 aromatic heterocycles. The zero-order valence-electron chi connectivity index (χ0n) is 10.7. The normalized spacial score (nSPS) is 39.0. The van der Waals surface area contributed by atoms with Crippen LogP contribution in [0.1, 0.15) is 26.7 Å². The van der Waals surface area contributed by atoms with Crippen molar-refractivity contribution >= 4 is 69.6 Å². The smallest absolute Gasteiger partial charge is 0.166 e. The Labute approximate surface area is 148 Å². The number of aliphatic hydroxyl groups is 1. The topological polar surface area (TPSA) is 20.2 Å². The number of hydrogen-bond donors (Lipinski definition) is 1. The fourth-order valence-electron chi connectivity index (χ4n) is 2.63. The number of halogens is 6. The van der Waals surface area contributed by atoms with Gasteiger partial charge in [-0.25, -0.2) is 0 Å². The Balaban J connectivity index is 2.35. The Morgan fingerprint density at radius 3 is 2.15 bits per heavy atom. The van der Waals surface area contributed by atoms with E-state index >= 15 is 0 Å². The number of hydrogen-bond acceptors (Lipinski definition) is 1. The van der Waals surface area contributed by atoms with Gasteiger partial charge in [0.1, 0.15) is 15.3 Å². The van der Waals surface area contributed by atoms with Crippen LogP contribution in [-0.2, 0) is 0 Å². The van der Waals surface area contributed by atoms with Crippen molar-refractivity contribution < 1.29 is 5.11 Å². The van der Waals surface area contributed by atoms with E-state index in [1.54, 1.807) is 13.8 Å². The summed E-state index contributed by atoms with van der Waals surface area (Å²) in [5.74, 6) is 5.35. The summed E-state index contributed by atoms with van der Waals surface area (Å²) in [5, 5.41) is 9.98. The molecule has 2 aliphatic rings. The van der Waals surface area contributed by atoms with Crippen molar-refractivity contribution in [2.45, 2.75) is 46.4 Å². The van der Waals surface area contributed by atoms with Crippen molar-refractivity contribution in [3.8, 4) is 11.8 Å². The van der Waals surface area contributed by atoms with Crippen molar-refractivity contribution in [3.63, 3.8) is 0 Å². The minimum absolute atomic E-state index is 0.183. The maximum atomic E-state index is 9.59. The van der Waals surface area contributed by atoms with Gasteiger partial charge in [-0.2, -0.15) is 0 Å². The second kappa shape index (κ2) is 5.00. The number of allylic oxidation sites excluding steroid dienone is 2. The average molecular weight is 397 g/mol. The molecule has 0 heterocycles. The molecule has 0 aliphatic heterocycles. The molecule has 0 aromatic rings. The van der Waals surface area contributed by atoms with E-state index in [-0.39, 0.29) is 16.0 Å². The summed E-state index contributed by atoms with van der Waals surface area (Å²) in [6.45, 7) is 3.19. The minimum Gasteiger partial charge on any atom is -0.378 e. The van der Waals surface area contributed by atoms with Gasteiger partial charge in [0.05, 0.1) is 10.1 Å². The van der Waals surface area contributed by atoms with Crippen molar-refractivity contribution in [1.29, 1.82) is 0 Å². The molecule has 20 heavy (non-hydrogen) atoms. The van der Waals surface area contributed by atoms with Gasteiger partial charge >= 0.3 is 0 Å². The van der Waals surface area contributed by atoms with Gasteiger partial charge in [0.15, 0.2) is 4.33 Å². The SMILES string of the molecule is CC(C)(O)C#CC[C@@H]1C[C@@]2(Cl)C(Cl)=C(Cl)[C@]1(Cl)C2(Cl)Cl. The highest BCUT2D eigenvalue weighted by molar-refractivity contribution is 6.65. The third-order valence-electron chi connectivity index (χ3n) is 3.65. The fourth-order valence-corrected chi connectivity index (χ4v) is 5.48. The first-order valence-corrected chi connectivity index (χ1v) is 8.19. The standard InChI is InChI=1S/C13H12Cl6O/c1-10(2,20)5-3-4-7-6-11(16)8(14)9(15)12(7,17)13(11,18)19/h7,20H,4,6H2,1-2H3/t7-,11-,12+/m1/s1. The van der Waals surface area contributed by atoms with E-state index in [1.807, 2.05) is 0 Å². The molecule has 0 radical (unpaired) electrons. The summed E-state index contributed by atoms with van der Waals surface area (Å²) >= 11 is 38.1. The predicted molar refractivity (Wildman–Crippen MR) is 87.1 cm³/mol. The monoisotopic (exact) mass is 394 g/mol. The highest BCUT2D eigenvalue weighted by Gasteiger charge is 2.78. The summed E-state index contributed by atoms with van der Waals surface area (Å²) in [6.07, 6.45) is 0.740. The number of fused-ring (bicyclic) bond motifs is 2. The van der Waals surface area contributed by atoms with Crippen LogP contribution in [0, 0.1) is 17.8 Å². The van der Waals surface area contributed by atoms with Gasteiger partial charge in [-0.05, 0) is 26.2 Å². The predicted octanol–water partition coefficient (Wildman–Crippen LogP) is 5.00. The van der Waals surface area contributed by atoms with Gasteiger partial charge < -0.3 is 5.11 Å². The second-order valence-corrected chi connectivity index (χ2v) is 9.01. The molecule has 2 rings (SSSR count). The molecule has 1 N–H and O–H groups in total.